The number of ketones is 1. The molecule has 0 bridgehead atoms. The van der Waals surface area contributed by atoms with Crippen LogP contribution in [-0.4, -0.2) is 5.78 Å². The maximum Gasteiger partial charge on any atom is 0.159 e. The van der Waals surface area contributed by atoms with E-state index in [1.165, 1.54) is 51.4 Å². The minimum atomic E-state index is 0.104. The number of benzene rings is 1. The first kappa shape index (κ1) is 16.8. The molecule has 0 amide bonds. The van der Waals surface area contributed by atoms with Crippen LogP contribution < -0.4 is 0 Å². The summed E-state index contributed by atoms with van der Waals surface area (Å²) in [5.74, 6) is 1.15. The van der Waals surface area contributed by atoms with E-state index in [-0.39, 0.29) is 5.78 Å². The Morgan fingerprint density at radius 3 is 2.32 bits per heavy atom. The summed E-state index contributed by atoms with van der Waals surface area (Å²) >= 11 is 0. The van der Waals surface area contributed by atoms with Crippen molar-refractivity contribution in [2.45, 2.75) is 71.6 Å². The molecule has 0 spiro atoms. The lowest BCUT2D eigenvalue weighted by Gasteiger charge is -2.00. The van der Waals surface area contributed by atoms with Crippen molar-refractivity contribution in [3.8, 4) is 0 Å². The van der Waals surface area contributed by atoms with Gasteiger partial charge in [0.1, 0.15) is 11.3 Å². The molecule has 0 saturated heterocycles. The van der Waals surface area contributed by atoms with Crippen molar-refractivity contribution in [1.29, 1.82) is 0 Å². The van der Waals surface area contributed by atoms with Crippen LogP contribution in [0.5, 0.6) is 0 Å². The van der Waals surface area contributed by atoms with Crippen molar-refractivity contribution in [2.75, 3.05) is 0 Å². The third-order valence-electron chi connectivity index (χ3n) is 4.25. The van der Waals surface area contributed by atoms with Crippen molar-refractivity contribution in [3.63, 3.8) is 0 Å². The third-order valence-corrected chi connectivity index (χ3v) is 4.25. The molecule has 0 radical (unpaired) electrons. The fraction of sp³-hybridized carbons (Fsp3) is 0.550. The Morgan fingerprint density at radius 1 is 0.955 bits per heavy atom. The van der Waals surface area contributed by atoms with Gasteiger partial charge in [-0.25, -0.2) is 0 Å². The molecular weight excluding hydrogens is 272 g/mol. The van der Waals surface area contributed by atoms with Gasteiger partial charge in [0.15, 0.2) is 5.78 Å². The summed E-state index contributed by atoms with van der Waals surface area (Å²) in [5.41, 5.74) is 1.64. The van der Waals surface area contributed by atoms with Crippen molar-refractivity contribution < 1.29 is 9.21 Å². The van der Waals surface area contributed by atoms with Crippen LogP contribution >= 0.6 is 0 Å². The van der Waals surface area contributed by atoms with Gasteiger partial charge in [0.2, 0.25) is 0 Å². The zero-order chi connectivity index (χ0) is 15.8. The number of aryl methyl sites for hydroxylation is 1. The average molecular weight is 300 g/mol. The fourth-order valence-corrected chi connectivity index (χ4v) is 2.87. The summed E-state index contributed by atoms with van der Waals surface area (Å²) in [7, 11) is 0. The van der Waals surface area contributed by atoms with E-state index in [1.807, 2.05) is 18.2 Å². The molecular formula is C20H28O2. The monoisotopic (exact) mass is 300 g/mol. The molecule has 120 valence electrons. The number of furan rings is 1. The highest BCUT2D eigenvalue weighted by atomic mass is 16.3. The van der Waals surface area contributed by atoms with Crippen molar-refractivity contribution >= 4 is 16.8 Å². The Balaban J connectivity index is 1.74. The maximum absolute atomic E-state index is 11.4. The molecule has 0 N–H and O–H groups in total. The van der Waals surface area contributed by atoms with E-state index in [0.717, 1.165) is 28.7 Å². The van der Waals surface area contributed by atoms with Gasteiger partial charge in [-0.05, 0) is 37.6 Å². The molecule has 22 heavy (non-hydrogen) atoms. The summed E-state index contributed by atoms with van der Waals surface area (Å²) in [6.45, 7) is 3.86. The summed E-state index contributed by atoms with van der Waals surface area (Å²) in [4.78, 5) is 11.4. The SMILES string of the molecule is CCCCCCCCCCc1cc2cc(C(C)=O)ccc2o1. The van der Waals surface area contributed by atoms with Crippen LogP contribution in [-0.2, 0) is 6.42 Å². The van der Waals surface area contributed by atoms with Crippen LogP contribution in [0.2, 0.25) is 0 Å². The highest BCUT2D eigenvalue weighted by molar-refractivity contribution is 5.97. The van der Waals surface area contributed by atoms with E-state index in [1.54, 1.807) is 6.92 Å². The summed E-state index contributed by atoms with van der Waals surface area (Å²) < 4.78 is 5.85. The van der Waals surface area contributed by atoms with E-state index in [2.05, 4.69) is 13.0 Å². The molecule has 0 aliphatic rings. The lowest BCUT2D eigenvalue weighted by molar-refractivity contribution is 0.101. The first-order chi connectivity index (χ1) is 10.7. The highest BCUT2D eigenvalue weighted by Gasteiger charge is 2.06. The lowest BCUT2D eigenvalue weighted by Crippen LogP contribution is -1.89. The van der Waals surface area contributed by atoms with E-state index < -0.39 is 0 Å². The first-order valence-corrected chi connectivity index (χ1v) is 8.74. The summed E-state index contributed by atoms with van der Waals surface area (Å²) in [6.07, 6.45) is 11.6. The summed E-state index contributed by atoms with van der Waals surface area (Å²) in [5, 5.41) is 1.04. The maximum atomic E-state index is 11.4. The lowest BCUT2D eigenvalue weighted by atomic mass is 10.1. The minimum Gasteiger partial charge on any atom is -0.461 e. The van der Waals surface area contributed by atoms with Crippen LogP contribution in [0.3, 0.4) is 0 Å². The number of carbonyl (C=O) groups is 1. The van der Waals surface area contributed by atoms with Gasteiger partial charge in [-0.15, -0.1) is 0 Å². The molecule has 2 heteroatoms. The fourth-order valence-electron chi connectivity index (χ4n) is 2.87. The Kier molecular flexibility index (Phi) is 6.70. The van der Waals surface area contributed by atoms with Crippen LogP contribution in [0.4, 0.5) is 0 Å². The second-order valence-electron chi connectivity index (χ2n) is 6.25. The van der Waals surface area contributed by atoms with Crippen molar-refractivity contribution in [1.82, 2.24) is 0 Å². The third kappa shape index (κ3) is 5.01. The second-order valence-corrected chi connectivity index (χ2v) is 6.25. The molecule has 2 aromatic rings. The van der Waals surface area contributed by atoms with E-state index in [0.29, 0.717) is 0 Å². The topological polar surface area (TPSA) is 30.2 Å². The number of hydrogen-bond donors (Lipinski definition) is 0. The quantitative estimate of drug-likeness (QED) is 0.379. The van der Waals surface area contributed by atoms with Crippen LogP contribution in [0.15, 0.2) is 28.7 Å². The van der Waals surface area contributed by atoms with Crippen LogP contribution in [0, 0.1) is 0 Å². The predicted molar refractivity (Wildman–Crippen MR) is 92.5 cm³/mol. The molecule has 1 aromatic carbocycles. The predicted octanol–water partition coefficient (Wildman–Crippen LogP) is 6.32. The Bertz CT molecular complexity index is 595. The zero-order valence-electron chi connectivity index (χ0n) is 14.0. The van der Waals surface area contributed by atoms with Crippen molar-refractivity contribution in [2.24, 2.45) is 0 Å². The van der Waals surface area contributed by atoms with E-state index in [4.69, 9.17) is 4.42 Å². The zero-order valence-corrected chi connectivity index (χ0v) is 14.0. The number of unbranched alkanes of at least 4 members (excludes halogenated alkanes) is 7. The Hall–Kier alpha value is -1.57. The van der Waals surface area contributed by atoms with Gasteiger partial charge in [0.25, 0.3) is 0 Å². The standard InChI is InChI=1S/C20H28O2/c1-3-4-5-6-7-8-9-10-11-19-15-18-14-17(16(2)21)12-13-20(18)22-19/h12-15H,3-11H2,1-2H3. The van der Waals surface area contributed by atoms with Crippen LogP contribution in [0.25, 0.3) is 11.0 Å². The number of fused-ring (bicyclic) bond motifs is 1. The highest BCUT2D eigenvalue weighted by Crippen LogP contribution is 2.22. The molecule has 1 aromatic heterocycles. The molecule has 1 heterocycles. The van der Waals surface area contributed by atoms with Gasteiger partial charge in [0.05, 0.1) is 0 Å². The molecule has 2 nitrogen and oxygen atoms in total. The normalized spacial score (nSPS) is 11.2. The molecule has 0 aliphatic heterocycles. The van der Waals surface area contributed by atoms with Gasteiger partial charge in [-0.1, -0.05) is 51.9 Å². The summed E-state index contributed by atoms with van der Waals surface area (Å²) in [6, 6.07) is 7.76. The largest absolute Gasteiger partial charge is 0.461 e. The number of carbonyl (C=O) groups excluding carboxylic acids is 1. The average Bonchev–Trinajstić information content (AvgIpc) is 2.91. The Morgan fingerprint density at radius 2 is 1.64 bits per heavy atom. The van der Waals surface area contributed by atoms with E-state index in [9.17, 15) is 4.79 Å². The van der Waals surface area contributed by atoms with Gasteiger partial charge in [0, 0.05) is 17.4 Å². The van der Waals surface area contributed by atoms with E-state index >= 15 is 0 Å². The smallest absolute Gasteiger partial charge is 0.159 e. The number of hydrogen-bond acceptors (Lipinski definition) is 2. The molecule has 2 rings (SSSR count). The molecule has 0 saturated carbocycles. The molecule has 0 unspecified atom stereocenters. The van der Waals surface area contributed by atoms with Crippen LogP contribution in [0.1, 0.15) is 81.3 Å². The van der Waals surface area contributed by atoms with Gasteiger partial charge in [-0.2, -0.15) is 0 Å². The number of rotatable bonds is 10. The van der Waals surface area contributed by atoms with Gasteiger partial charge in [-0.3, -0.25) is 4.79 Å². The molecule has 0 atom stereocenters. The van der Waals surface area contributed by atoms with Gasteiger partial charge < -0.3 is 4.42 Å². The molecule has 0 aliphatic carbocycles. The second kappa shape index (κ2) is 8.77. The van der Waals surface area contributed by atoms with Crippen molar-refractivity contribution in [3.05, 3.63) is 35.6 Å². The first-order valence-electron chi connectivity index (χ1n) is 8.74. The molecule has 0 fully saturated rings. The Labute approximate surface area is 133 Å². The number of Topliss-reactive ketones (excluding diaryl/α,β-unsaturated/α-hetero) is 1. The minimum absolute atomic E-state index is 0.104. The van der Waals surface area contributed by atoms with Gasteiger partial charge >= 0.3 is 0 Å².